The van der Waals surface area contributed by atoms with Gasteiger partial charge in [0.25, 0.3) is 0 Å². The number of hydrogen-bond acceptors (Lipinski definition) is 7. The number of benzene rings is 2. The zero-order chi connectivity index (χ0) is 27.1. The summed E-state index contributed by atoms with van der Waals surface area (Å²) in [6.45, 7) is 1.66. The number of aromatic nitrogens is 4. The first-order valence-electron chi connectivity index (χ1n) is 13.1. The van der Waals surface area contributed by atoms with Crippen LogP contribution in [0.3, 0.4) is 0 Å². The molecule has 9 heteroatoms. The molecule has 1 amide bonds. The van der Waals surface area contributed by atoms with E-state index in [-0.39, 0.29) is 18.4 Å². The molecule has 2 aromatic carbocycles. The molecule has 0 bridgehead atoms. The molecule has 0 aliphatic heterocycles. The van der Waals surface area contributed by atoms with Crippen molar-refractivity contribution in [2.45, 2.75) is 50.0 Å². The average Bonchev–Trinajstić information content (AvgIpc) is 3.54. The number of hydrogen-bond donors (Lipinski definition) is 4. The third-order valence-corrected chi connectivity index (χ3v) is 7.96. The fourth-order valence-corrected chi connectivity index (χ4v) is 5.60. The Kier molecular flexibility index (Phi) is 6.29. The second-order valence-electron chi connectivity index (χ2n) is 10.5. The van der Waals surface area contributed by atoms with Crippen LogP contribution in [0.25, 0.3) is 11.2 Å². The normalized spacial score (nSPS) is 27.5. The number of fused-ring (bicyclic) bond motifs is 1. The van der Waals surface area contributed by atoms with Crippen LogP contribution in [-0.4, -0.2) is 60.9 Å². The third-order valence-electron chi connectivity index (χ3n) is 7.96. The topological polar surface area (TPSA) is 125 Å². The van der Waals surface area contributed by atoms with Crippen molar-refractivity contribution in [3.05, 3.63) is 83.9 Å². The molecular weight excluding hydrogens is 492 g/mol. The number of rotatable bonds is 5. The summed E-state index contributed by atoms with van der Waals surface area (Å²) >= 11 is 0. The summed E-state index contributed by atoms with van der Waals surface area (Å²) in [6, 6.07) is 19.5. The van der Waals surface area contributed by atoms with E-state index in [1.165, 1.54) is 12.6 Å². The van der Waals surface area contributed by atoms with Crippen LogP contribution >= 0.6 is 0 Å². The minimum atomic E-state index is -1.24. The molecular formula is C30H30N6O3. The van der Waals surface area contributed by atoms with Crippen molar-refractivity contribution in [3.8, 4) is 11.8 Å². The van der Waals surface area contributed by atoms with Crippen molar-refractivity contribution in [2.75, 3.05) is 12.4 Å². The van der Waals surface area contributed by atoms with Gasteiger partial charge in [-0.05, 0) is 43.4 Å². The highest BCUT2D eigenvalue weighted by molar-refractivity contribution is 5.85. The van der Waals surface area contributed by atoms with Crippen LogP contribution in [0.5, 0.6) is 0 Å². The molecule has 2 fully saturated rings. The Bertz CT molecular complexity index is 1580. The van der Waals surface area contributed by atoms with Gasteiger partial charge in [0, 0.05) is 24.6 Å². The number of carbonyl (C=O) groups is 1. The van der Waals surface area contributed by atoms with E-state index in [0.29, 0.717) is 28.7 Å². The number of imidazole rings is 1. The Balaban J connectivity index is 1.39. The zero-order valence-corrected chi connectivity index (χ0v) is 21.7. The van der Waals surface area contributed by atoms with Crippen molar-refractivity contribution >= 4 is 22.9 Å². The SMILES string of the molecule is CNC(=O)C1(C)C[C@@H](n2cnc3c(NC4CC4c4ccccc4)nc(C#Cc4ccccc4)nc32)[C@H](O)[C@@H]1O. The van der Waals surface area contributed by atoms with E-state index < -0.39 is 23.7 Å². The lowest BCUT2D eigenvalue weighted by molar-refractivity contribution is -0.136. The van der Waals surface area contributed by atoms with Crippen LogP contribution < -0.4 is 10.6 Å². The van der Waals surface area contributed by atoms with Gasteiger partial charge >= 0.3 is 0 Å². The molecule has 6 rings (SSSR count). The Morgan fingerprint density at radius 1 is 1.05 bits per heavy atom. The summed E-state index contributed by atoms with van der Waals surface area (Å²) < 4.78 is 1.74. The van der Waals surface area contributed by atoms with Crippen molar-refractivity contribution in [3.63, 3.8) is 0 Å². The molecule has 2 aliphatic rings. The monoisotopic (exact) mass is 522 g/mol. The third kappa shape index (κ3) is 4.52. The lowest BCUT2D eigenvalue weighted by Crippen LogP contribution is -2.45. The highest BCUT2D eigenvalue weighted by Gasteiger charge is 2.55. The number of anilines is 1. The molecule has 0 radical (unpaired) electrons. The highest BCUT2D eigenvalue weighted by Crippen LogP contribution is 2.46. The second kappa shape index (κ2) is 9.80. The van der Waals surface area contributed by atoms with Gasteiger partial charge in [0.05, 0.1) is 23.9 Å². The van der Waals surface area contributed by atoms with Gasteiger partial charge < -0.3 is 25.4 Å². The molecule has 2 aliphatic carbocycles. The first-order chi connectivity index (χ1) is 18.9. The quantitative estimate of drug-likeness (QED) is 0.297. The summed E-state index contributed by atoms with van der Waals surface area (Å²) in [5.74, 6) is 7.12. The van der Waals surface area contributed by atoms with Crippen molar-refractivity contribution in [1.29, 1.82) is 0 Å². The molecule has 2 aromatic heterocycles. The smallest absolute Gasteiger partial charge is 0.228 e. The molecule has 4 aromatic rings. The van der Waals surface area contributed by atoms with Gasteiger partial charge in [0.2, 0.25) is 11.7 Å². The van der Waals surface area contributed by atoms with Gasteiger partial charge in [0.1, 0.15) is 6.10 Å². The van der Waals surface area contributed by atoms with Crippen molar-refractivity contribution in [2.24, 2.45) is 5.41 Å². The molecule has 3 unspecified atom stereocenters. The fraction of sp³-hybridized carbons (Fsp3) is 0.333. The first kappa shape index (κ1) is 25.0. The minimum Gasteiger partial charge on any atom is -0.389 e. The maximum absolute atomic E-state index is 12.6. The van der Waals surface area contributed by atoms with E-state index in [1.807, 2.05) is 48.5 Å². The molecule has 39 heavy (non-hydrogen) atoms. The summed E-state index contributed by atoms with van der Waals surface area (Å²) in [7, 11) is 1.52. The van der Waals surface area contributed by atoms with Crippen LogP contribution in [0.15, 0.2) is 67.0 Å². The van der Waals surface area contributed by atoms with Gasteiger partial charge in [-0.15, -0.1) is 0 Å². The molecule has 6 atom stereocenters. The summed E-state index contributed by atoms with van der Waals surface area (Å²) in [4.78, 5) is 26.7. The van der Waals surface area contributed by atoms with Crippen LogP contribution in [0.4, 0.5) is 5.82 Å². The predicted octanol–water partition coefficient (Wildman–Crippen LogP) is 2.61. The van der Waals surface area contributed by atoms with Crippen LogP contribution in [0.2, 0.25) is 0 Å². The molecule has 198 valence electrons. The molecule has 0 spiro atoms. The number of aliphatic hydroxyl groups is 2. The summed E-state index contributed by atoms with van der Waals surface area (Å²) in [5, 5.41) is 28.0. The summed E-state index contributed by atoms with van der Waals surface area (Å²) in [5.41, 5.74) is 1.99. The lowest BCUT2D eigenvalue weighted by Gasteiger charge is -2.26. The van der Waals surface area contributed by atoms with E-state index in [2.05, 4.69) is 39.6 Å². The average molecular weight is 523 g/mol. The molecule has 9 nitrogen and oxygen atoms in total. The number of aliphatic hydroxyl groups excluding tert-OH is 2. The van der Waals surface area contributed by atoms with E-state index >= 15 is 0 Å². The lowest BCUT2D eigenvalue weighted by atomic mass is 9.85. The second-order valence-corrected chi connectivity index (χ2v) is 10.5. The van der Waals surface area contributed by atoms with Gasteiger partial charge in [-0.1, -0.05) is 54.5 Å². The van der Waals surface area contributed by atoms with Gasteiger partial charge in [-0.25, -0.2) is 15.0 Å². The maximum atomic E-state index is 12.6. The van der Waals surface area contributed by atoms with Crippen molar-refractivity contribution in [1.82, 2.24) is 24.8 Å². The van der Waals surface area contributed by atoms with Crippen LogP contribution in [0.1, 0.15) is 48.7 Å². The number of carbonyl (C=O) groups excluding carboxylic acids is 1. The van der Waals surface area contributed by atoms with E-state index in [9.17, 15) is 15.0 Å². The summed E-state index contributed by atoms with van der Waals surface area (Å²) in [6.07, 6.45) is 0.364. The van der Waals surface area contributed by atoms with E-state index in [0.717, 1.165) is 12.0 Å². The van der Waals surface area contributed by atoms with E-state index in [1.54, 1.807) is 17.8 Å². The maximum Gasteiger partial charge on any atom is 0.228 e. The number of amides is 1. The Labute approximate surface area is 226 Å². The molecule has 0 saturated heterocycles. The van der Waals surface area contributed by atoms with Crippen LogP contribution in [0, 0.1) is 17.3 Å². The number of nitrogens with one attached hydrogen (secondary N) is 2. The predicted molar refractivity (Wildman–Crippen MR) is 147 cm³/mol. The van der Waals surface area contributed by atoms with Gasteiger partial charge in [-0.3, -0.25) is 4.79 Å². The molecule has 2 heterocycles. The fourth-order valence-electron chi connectivity index (χ4n) is 5.60. The molecule has 4 N–H and O–H groups in total. The van der Waals surface area contributed by atoms with Crippen LogP contribution in [-0.2, 0) is 4.79 Å². The highest BCUT2D eigenvalue weighted by atomic mass is 16.3. The standard InChI is InChI=1S/C30H30N6O3/c1-30(29(39)31-2)16-22(25(37)26(30)38)36-17-32-24-27(33-21-15-20(21)19-11-7-4-8-12-19)34-23(35-28(24)36)14-13-18-9-5-3-6-10-18/h3-12,17,20-22,25-26,37-38H,15-16H2,1-2H3,(H,31,39)(H,33,34,35)/t20?,21?,22-,25+,26+,30?/m1/s1. The Morgan fingerprint density at radius 2 is 1.77 bits per heavy atom. The van der Waals surface area contributed by atoms with Gasteiger partial charge in [0.15, 0.2) is 17.0 Å². The molecule has 2 saturated carbocycles. The Morgan fingerprint density at radius 3 is 2.49 bits per heavy atom. The number of nitrogens with zero attached hydrogens (tertiary/aromatic N) is 4. The zero-order valence-electron chi connectivity index (χ0n) is 21.7. The Hall–Kier alpha value is -4.26. The first-order valence-corrected chi connectivity index (χ1v) is 13.1. The van der Waals surface area contributed by atoms with Gasteiger partial charge in [-0.2, -0.15) is 0 Å². The van der Waals surface area contributed by atoms with E-state index in [4.69, 9.17) is 9.97 Å². The largest absolute Gasteiger partial charge is 0.389 e. The minimum absolute atomic E-state index is 0.195. The van der Waals surface area contributed by atoms with Crippen molar-refractivity contribution < 1.29 is 15.0 Å².